The number of benzene rings is 1. The average Bonchev–Trinajstić information content (AvgIpc) is 2.31. The summed E-state index contributed by atoms with van der Waals surface area (Å²) in [6.07, 6.45) is 0.806. The van der Waals surface area contributed by atoms with Crippen molar-refractivity contribution >= 4 is 23.2 Å². The van der Waals surface area contributed by atoms with Gasteiger partial charge >= 0.3 is 0 Å². The monoisotopic (exact) mass is 284 g/mol. The van der Waals surface area contributed by atoms with E-state index in [4.69, 9.17) is 22.1 Å². The van der Waals surface area contributed by atoms with Gasteiger partial charge in [0.25, 0.3) is 0 Å². The number of hydrogen-bond acceptors (Lipinski definition) is 3. The van der Waals surface area contributed by atoms with E-state index in [1.807, 2.05) is 20.8 Å². The van der Waals surface area contributed by atoms with Crippen molar-refractivity contribution in [2.75, 3.05) is 12.4 Å². The highest BCUT2D eigenvalue weighted by Gasteiger charge is 2.20. The quantitative estimate of drug-likeness (QED) is 0.844. The van der Waals surface area contributed by atoms with Gasteiger partial charge < -0.3 is 15.8 Å². The fraction of sp³-hybridized carbons (Fsp3) is 0.500. The highest BCUT2D eigenvalue weighted by Crippen LogP contribution is 2.25. The molecule has 0 aromatic heterocycles. The topological polar surface area (TPSA) is 64.3 Å². The molecule has 4 nitrogen and oxygen atoms in total. The number of nitrogens with two attached hydrogens (primary N) is 1. The van der Waals surface area contributed by atoms with E-state index in [1.54, 1.807) is 25.3 Å². The Bertz CT molecular complexity index is 461. The molecular weight excluding hydrogens is 264 g/mol. The minimum atomic E-state index is -0.468. The van der Waals surface area contributed by atoms with Crippen LogP contribution in [-0.2, 0) is 4.74 Å². The number of anilines is 1. The number of hydrogen-bond donors (Lipinski definition) is 2. The van der Waals surface area contributed by atoms with Gasteiger partial charge in [-0.3, -0.25) is 4.79 Å². The molecule has 1 rings (SSSR count). The molecule has 1 atom stereocenters. The maximum atomic E-state index is 11.2. The number of carbonyl (C=O) groups is 1. The lowest BCUT2D eigenvalue weighted by Gasteiger charge is -2.28. The fourth-order valence-electron chi connectivity index (χ4n) is 1.93. The van der Waals surface area contributed by atoms with Gasteiger partial charge in [0.15, 0.2) is 0 Å². The van der Waals surface area contributed by atoms with E-state index in [-0.39, 0.29) is 11.6 Å². The van der Waals surface area contributed by atoms with Crippen LogP contribution in [0.5, 0.6) is 0 Å². The third kappa shape index (κ3) is 4.73. The number of nitrogens with one attached hydrogen (secondary N) is 1. The first kappa shape index (κ1) is 15.8. The van der Waals surface area contributed by atoms with Gasteiger partial charge in [0.2, 0.25) is 5.91 Å². The van der Waals surface area contributed by atoms with Crippen LogP contribution in [0, 0.1) is 0 Å². The van der Waals surface area contributed by atoms with E-state index < -0.39 is 5.91 Å². The van der Waals surface area contributed by atoms with Crippen LogP contribution in [-0.4, -0.2) is 24.7 Å². The number of ether oxygens (including phenoxy) is 1. The van der Waals surface area contributed by atoms with Crippen molar-refractivity contribution in [1.82, 2.24) is 0 Å². The number of carbonyl (C=O) groups excluding carboxylic acids is 1. The molecule has 1 aromatic rings. The van der Waals surface area contributed by atoms with Gasteiger partial charge in [-0.25, -0.2) is 0 Å². The molecule has 0 heterocycles. The number of primary amides is 1. The molecule has 5 heteroatoms. The molecule has 0 radical (unpaired) electrons. The lowest BCUT2D eigenvalue weighted by molar-refractivity contribution is 0.0128. The van der Waals surface area contributed by atoms with Crippen LogP contribution in [0.2, 0.25) is 5.02 Å². The number of halogens is 1. The van der Waals surface area contributed by atoms with Crippen molar-refractivity contribution in [2.45, 2.75) is 38.8 Å². The van der Waals surface area contributed by atoms with E-state index in [2.05, 4.69) is 5.32 Å². The number of amides is 1. The molecule has 0 saturated carbocycles. The Morgan fingerprint density at radius 1 is 1.53 bits per heavy atom. The maximum absolute atomic E-state index is 11.2. The molecular formula is C14H21ClN2O2. The van der Waals surface area contributed by atoms with Crippen molar-refractivity contribution < 1.29 is 9.53 Å². The van der Waals surface area contributed by atoms with Crippen LogP contribution in [0.25, 0.3) is 0 Å². The first-order valence-corrected chi connectivity index (χ1v) is 6.54. The zero-order valence-electron chi connectivity index (χ0n) is 11.8. The molecule has 0 spiro atoms. The van der Waals surface area contributed by atoms with Crippen LogP contribution in [0.3, 0.4) is 0 Å². The normalized spacial score (nSPS) is 13.1. The summed E-state index contributed by atoms with van der Waals surface area (Å²) in [5, 5.41) is 3.84. The summed E-state index contributed by atoms with van der Waals surface area (Å²) in [4.78, 5) is 11.2. The average molecular weight is 285 g/mol. The Balaban J connectivity index is 2.81. The fourth-order valence-corrected chi connectivity index (χ4v) is 2.10. The van der Waals surface area contributed by atoms with E-state index >= 15 is 0 Å². The van der Waals surface area contributed by atoms with E-state index in [0.29, 0.717) is 16.3 Å². The van der Waals surface area contributed by atoms with Crippen LogP contribution in [0.15, 0.2) is 18.2 Å². The second kappa shape index (κ2) is 6.26. The second-order valence-electron chi connectivity index (χ2n) is 5.27. The largest absolute Gasteiger partial charge is 0.381 e. The third-order valence-corrected chi connectivity index (χ3v) is 3.33. The zero-order valence-corrected chi connectivity index (χ0v) is 12.5. The van der Waals surface area contributed by atoms with E-state index in [9.17, 15) is 4.79 Å². The lowest BCUT2D eigenvalue weighted by atomic mass is 9.99. The molecule has 0 fully saturated rings. The minimum Gasteiger partial charge on any atom is -0.381 e. The summed E-state index contributed by atoms with van der Waals surface area (Å²) in [5.74, 6) is -0.468. The molecule has 0 aliphatic carbocycles. The zero-order chi connectivity index (χ0) is 14.6. The SMILES string of the molecule is COC(C)(C)CC(C)Nc1cc(C(N)=O)ccc1Cl. The highest BCUT2D eigenvalue weighted by atomic mass is 35.5. The van der Waals surface area contributed by atoms with Gasteiger partial charge in [-0.1, -0.05) is 11.6 Å². The lowest BCUT2D eigenvalue weighted by Crippen LogP contribution is -2.31. The van der Waals surface area contributed by atoms with Gasteiger partial charge in [-0.2, -0.15) is 0 Å². The van der Waals surface area contributed by atoms with E-state index in [0.717, 1.165) is 6.42 Å². The third-order valence-electron chi connectivity index (χ3n) is 3.00. The summed E-state index contributed by atoms with van der Waals surface area (Å²) < 4.78 is 5.39. The summed E-state index contributed by atoms with van der Waals surface area (Å²) in [5.41, 5.74) is 6.18. The van der Waals surface area contributed by atoms with Gasteiger partial charge in [-0.05, 0) is 45.4 Å². The van der Waals surface area contributed by atoms with Crippen molar-refractivity contribution in [3.63, 3.8) is 0 Å². The van der Waals surface area contributed by atoms with Crippen molar-refractivity contribution in [3.05, 3.63) is 28.8 Å². The molecule has 3 N–H and O–H groups in total. The van der Waals surface area contributed by atoms with Crippen LogP contribution >= 0.6 is 11.6 Å². The first-order valence-electron chi connectivity index (χ1n) is 6.16. The molecule has 106 valence electrons. The summed E-state index contributed by atoms with van der Waals surface area (Å²) in [6.45, 7) is 6.08. The first-order chi connectivity index (χ1) is 8.75. The van der Waals surface area contributed by atoms with Gasteiger partial charge in [0.05, 0.1) is 16.3 Å². The maximum Gasteiger partial charge on any atom is 0.248 e. The van der Waals surface area contributed by atoms with Crippen LogP contribution in [0.4, 0.5) is 5.69 Å². The Labute approximate surface area is 119 Å². The predicted molar refractivity (Wildman–Crippen MR) is 78.8 cm³/mol. The smallest absolute Gasteiger partial charge is 0.248 e. The highest BCUT2D eigenvalue weighted by molar-refractivity contribution is 6.33. The Morgan fingerprint density at radius 3 is 2.68 bits per heavy atom. The Hall–Kier alpha value is -1.26. The number of rotatable bonds is 6. The van der Waals surface area contributed by atoms with Crippen molar-refractivity contribution in [1.29, 1.82) is 0 Å². The molecule has 0 aliphatic rings. The van der Waals surface area contributed by atoms with Crippen molar-refractivity contribution in [3.8, 4) is 0 Å². The summed E-state index contributed by atoms with van der Waals surface area (Å²) >= 11 is 6.10. The molecule has 0 saturated heterocycles. The summed E-state index contributed by atoms with van der Waals surface area (Å²) in [6, 6.07) is 5.09. The standard InChI is InChI=1S/C14H21ClN2O2/c1-9(8-14(2,3)19-4)17-12-7-10(13(16)18)5-6-11(12)15/h5-7,9,17H,8H2,1-4H3,(H2,16,18). The van der Waals surface area contributed by atoms with Gasteiger partial charge in [0.1, 0.15) is 0 Å². The van der Waals surface area contributed by atoms with Crippen LogP contribution in [0.1, 0.15) is 37.6 Å². The predicted octanol–water partition coefficient (Wildman–Crippen LogP) is 3.05. The molecule has 1 unspecified atom stereocenters. The minimum absolute atomic E-state index is 0.149. The van der Waals surface area contributed by atoms with Crippen molar-refractivity contribution in [2.24, 2.45) is 5.73 Å². The van der Waals surface area contributed by atoms with Crippen LogP contribution < -0.4 is 11.1 Å². The second-order valence-corrected chi connectivity index (χ2v) is 5.68. The summed E-state index contributed by atoms with van der Waals surface area (Å²) in [7, 11) is 1.69. The van der Waals surface area contributed by atoms with E-state index in [1.165, 1.54) is 0 Å². The number of methoxy groups -OCH3 is 1. The Morgan fingerprint density at radius 2 is 2.16 bits per heavy atom. The van der Waals surface area contributed by atoms with Gasteiger partial charge in [-0.15, -0.1) is 0 Å². The Kier molecular flexibility index (Phi) is 5.20. The molecule has 0 aliphatic heterocycles. The molecule has 0 bridgehead atoms. The molecule has 19 heavy (non-hydrogen) atoms. The van der Waals surface area contributed by atoms with Gasteiger partial charge in [0, 0.05) is 18.7 Å². The molecule has 1 aromatic carbocycles. The molecule has 1 amide bonds.